The van der Waals surface area contributed by atoms with Crippen LogP contribution in [0.1, 0.15) is 54.1 Å². The Kier molecular flexibility index (Phi) is 4.31. The van der Waals surface area contributed by atoms with Crippen LogP contribution in [-0.2, 0) is 11.3 Å². The van der Waals surface area contributed by atoms with Crippen LogP contribution in [0.3, 0.4) is 0 Å². The van der Waals surface area contributed by atoms with Crippen LogP contribution < -0.4 is 10.6 Å². The third kappa shape index (κ3) is 3.46. The van der Waals surface area contributed by atoms with Gasteiger partial charge in [0.15, 0.2) is 0 Å². The van der Waals surface area contributed by atoms with Gasteiger partial charge in [-0.05, 0) is 45.4 Å². The molecule has 0 aromatic carbocycles. The number of aryl methyl sites for hydroxylation is 2. The van der Waals surface area contributed by atoms with Crippen LogP contribution in [0, 0.1) is 19.8 Å². The Morgan fingerprint density at radius 2 is 2.05 bits per heavy atom. The van der Waals surface area contributed by atoms with E-state index in [1.54, 1.807) is 11.3 Å². The van der Waals surface area contributed by atoms with Gasteiger partial charge >= 0.3 is 0 Å². The van der Waals surface area contributed by atoms with Crippen molar-refractivity contribution in [2.24, 2.45) is 5.92 Å². The summed E-state index contributed by atoms with van der Waals surface area (Å²) < 4.78 is 0. The van der Waals surface area contributed by atoms with Crippen molar-refractivity contribution in [1.29, 1.82) is 0 Å². The molecule has 0 bridgehead atoms. The average Bonchev–Trinajstić information content (AvgIpc) is 3.06. The van der Waals surface area contributed by atoms with Crippen molar-refractivity contribution in [3.8, 4) is 0 Å². The highest BCUT2D eigenvalue weighted by molar-refractivity contribution is 7.11. The Bertz CT molecular complexity index is 516. The van der Waals surface area contributed by atoms with E-state index in [4.69, 9.17) is 0 Å². The van der Waals surface area contributed by atoms with Crippen molar-refractivity contribution < 1.29 is 4.79 Å². The molecular weight excluding hydrogens is 282 g/mol. The SMILES string of the molecule is Cc1nc(C)c(CNC2(C(=O)NCC3CC3)CCCC2)s1. The number of nitrogens with zero attached hydrogens (tertiary/aromatic N) is 1. The zero-order valence-electron chi connectivity index (χ0n) is 13.0. The molecule has 0 saturated heterocycles. The summed E-state index contributed by atoms with van der Waals surface area (Å²) in [4.78, 5) is 18.4. The number of aromatic nitrogens is 1. The Morgan fingerprint density at radius 3 is 2.62 bits per heavy atom. The third-order valence-electron chi connectivity index (χ3n) is 4.73. The van der Waals surface area contributed by atoms with E-state index in [1.807, 2.05) is 6.92 Å². The summed E-state index contributed by atoms with van der Waals surface area (Å²) in [5.74, 6) is 0.949. The number of nitrogens with one attached hydrogen (secondary N) is 2. The fourth-order valence-corrected chi connectivity index (χ4v) is 4.05. The molecule has 21 heavy (non-hydrogen) atoms. The molecule has 5 heteroatoms. The van der Waals surface area contributed by atoms with Crippen molar-refractivity contribution >= 4 is 17.2 Å². The van der Waals surface area contributed by atoms with Crippen molar-refractivity contribution in [3.05, 3.63) is 15.6 Å². The molecule has 3 rings (SSSR count). The first-order valence-corrected chi connectivity index (χ1v) is 8.87. The molecule has 0 spiro atoms. The van der Waals surface area contributed by atoms with Crippen LogP contribution in [0.2, 0.25) is 0 Å². The van der Waals surface area contributed by atoms with Gasteiger partial charge in [-0.1, -0.05) is 12.8 Å². The highest BCUT2D eigenvalue weighted by Gasteiger charge is 2.41. The van der Waals surface area contributed by atoms with Crippen molar-refractivity contribution in [2.75, 3.05) is 6.54 Å². The molecule has 0 unspecified atom stereocenters. The summed E-state index contributed by atoms with van der Waals surface area (Å²) in [6, 6.07) is 0. The molecule has 0 radical (unpaired) electrons. The highest BCUT2D eigenvalue weighted by atomic mass is 32.1. The lowest BCUT2D eigenvalue weighted by atomic mass is 9.96. The molecule has 2 aliphatic carbocycles. The molecular formula is C16H25N3OS. The minimum atomic E-state index is -0.348. The molecule has 1 aromatic rings. The van der Waals surface area contributed by atoms with Gasteiger partial charge in [-0.25, -0.2) is 4.98 Å². The van der Waals surface area contributed by atoms with Gasteiger partial charge in [0.2, 0.25) is 5.91 Å². The lowest BCUT2D eigenvalue weighted by molar-refractivity contribution is -0.127. The van der Waals surface area contributed by atoms with Crippen LogP contribution in [-0.4, -0.2) is 23.0 Å². The molecule has 0 aliphatic heterocycles. The maximum Gasteiger partial charge on any atom is 0.240 e. The number of hydrogen-bond donors (Lipinski definition) is 2. The quantitative estimate of drug-likeness (QED) is 0.849. The number of carbonyl (C=O) groups is 1. The van der Waals surface area contributed by atoms with Crippen molar-refractivity contribution in [1.82, 2.24) is 15.6 Å². The monoisotopic (exact) mass is 307 g/mol. The molecule has 2 aliphatic rings. The van der Waals surface area contributed by atoms with E-state index in [1.165, 1.54) is 17.7 Å². The summed E-state index contributed by atoms with van der Waals surface area (Å²) >= 11 is 1.73. The first kappa shape index (κ1) is 15.0. The van der Waals surface area contributed by atoms with Gasteiger partial charge < -0.3 is 5.32 Å². The van der Waals surface area contributed by atoms with E-state index in [0.29, 0.717) is 0 Å². The fourth-order valence-electron chi connectivity index (χ4n) is 3.18. The summed E-state index contributed by atoms with van der Waals surface area (Å²) in [5, 5.41) is 7.84. The lowest BCUT2D eigenvalue weighted by Crippen LogP contribution is -2.55. The first-order valence-electron chi connectivity index (χ1n) is 8.05. The summed E-state index contributed by atoms with van der Waals surface area (Å²) in [5.41, 5.74) is 0.746. The molecule has 4 nitrogen and oxygen atoms in total. The Balaban J connectivity index is 1.62. The van der Waals surface area contributed by atoms with Gasteiger partial charge in [0.05, 0.1) is 16.2 Å². The van der Waals surface area contributed by atoms with Gasteiger partial charge in [0.25, 0.3) is 0 Å². The topological polar surface area (TPSA) is 54.0 Å². The smallest absolute Gasteiger partial charge is 0.240 e. The van der Waals surface area contributed by atoms with Crippen LogP contribution in [0.25, 0.3) is 0 Å². The standard InChI is InChI=1S/C16H25N3OS/c1-11-14(21-12(2)19-11)10-18-16(7-3-4-8-16)15(20)17-9-13-5-6-13/h13,18H,3-10H2,1-2H3,(H,17,20). The van der Waals surface area contributed by atoms with Crippen molar-refractivity contribution in [3.63, 3.8) is 0 Å². The van der Waals surface area contributed by atoms with Gasteiger partial charge in [0, 0.05) is 18.0 Å². The largest absolute Gasteiger partial charge is 0.354 e. The Hall–Kier alpha value is -0.940. The third-order valence-corrected chi connectivity index (χ3v) is 5.80. The molecule has 1 aromatic heterocycles. The Morgan fingerprint density at radius 1 is 1.33 bits per heavy atom. The van der Waals surface area contributed by atoms with E-state index in [9.17, 15) is 4.79 Å². The summed E-state index contributed by atoms with van der Waals surface area (Å²) in [7, 11) is 0. The number of hydrogen-bond acceptors (Lipinski definition) is 4. The molecule has 1 amide bonds. The highest BCUT2D eigenvalue weighted by Crippen LogP contribution is 2.32. The zero-order chi connectivity index (χ0) is 14.9. The molecule has 2 fully saturated rings. The van der Waals surface area contributed by atoms with E-state index in [-0.39, 0.29) is 11.4 Å². The van der Waals surface area contributed by atoms with Crippen LogP contribution >= 0.6 is 11.3 Å². The van der Waals surface area contributed by atoms with E-state index < -0.39 is 0 Å². The normalized spacial score (nSPS) is 20.7. The minimum Gasteiger partial charge on any atom is -0.354 e. The van der Waals surface area contributed by atoms with E-state index in [2.05, 4.69) is 22.5 Å². The number of amides is 1. The van der Waals surface area contributed by atoms with E-state index in [0.717, 1.165) is 55.4 Å². The number of rotatable bonds is 6. The molecule has 116 valence electrons. The first-order chi connectivity index (χ1) is 10.1. The fraction of sp³-hybridized carbons (Fsp3) is 0.750. The molecule has 2 saturated carbocycles. The second-order valence-electron chi connectivity index (χ2n) is 6.54. The van der Waals surface area contributed by atoms with Crippen LogP contribution in [0.5, 0.6) is 0 Å². The van der Waals surface area contributed by atoms with Gasteiger partial charge in [-0.3, -0.25) is 10.1 Å². The molecule has 2 N–H and O–H groups in total. The van der Waals surface area contributed by atoms with Gasteiger partial charge in [-0.2, -0.15) is 0 Å². The van der Waals surface area contributed by atoms with Crippen LogP contribution in [0.15, 0.2) is 0 Å². The second kappa shape index (κ2) is 6.05. The molecule has 1 heterocycles. The minimum absolute atomic E-state index is 0.214. The maximum absolute atomic E-state index is 12.6. The van der Waals surface area contributed by atoms with E-state index >= 15 is 0 Å². The number of thiazole rings is 1. The summed E-state index contributed by atoms with van der Waals surface area (Å²) in [6.07, 6.45) is 6.76. The number of carbonyl (C=O) groups excluding carboxylic acids is 1. The lowest BCUT2D eigenvalue weighted by Gasteiger charge is -2.29. The van der Waals surface area contributed by atoms with Gasteiger partial charge in [0.1, 0.15) is 0 Å². The molecule has 0 atom stereocenters. The predicted octanol–water partition coefficient (Wildman–Crippen LogP) is 2.69. The van der Waals surface area contributed by atoms with Gasteiger partial charge in [-0.15, -0.1) is 11.3 Å². The summed E-state index contributed by atoms with van der Waals surface area (Å²) in [6.45, 7) is 5.71. The average molecular weight is 307 g/mol. The predicted molar refractivity (Wildman–Crippen MR) is 85.4 cm³/mol. The van der Waals surface area contributed by atoms with Crippen molar-refractivity contribution in [2.45, 2.75) is 64.5 Å². The second-order valence-corrected chi connectivity index (χ2v) is 7.83. The van der Waals surface area contributed by atoms with Crippen LogP contribution in [0.4, 0.5) is 0 Å². The maximum atomic E-state index is 12.6. The Labute approximate surface area is 130 Å². The zero-order valence-corrected chi connectivity index (χ0v) is 13.8.